The number of hydrogen-bond acceptors (Lipinski definition) is 2. The molecule has 0 aromatic rings. The van der Waals surface area contributed by atoms with E-state index in [1.807, 2.05) is 6.92 Å². The van der Waals surface area contributed by atoms with Crippen LogP contribution in [0.1, 0.15) is 46.5 Å². The highest BCUT2D eigenvalue weighted by atomic mass is 16.4. The lowest BCUT2D eigenvalue weighted by Gasteiger charge is -2.33. The summed E-state index contributed by atoms with van der Waals surface area (Å²) in [6.07, 6.45) is 2.84. The molecule has 0 aromatic carbocycles. The molecule has 0 radical (unpaired) electrons. The van der Waals surface area contributed by atoms with Crippen molar-refractivity contribution in [2.75, 3.05) is 13.1 Å². The van der Waals surface area contributed by atoms with Crippen molar-refractivity contribution in [1.29, 1.82) is 0 Å². The van der Waals surface area contributed by atoms with E-state index in [2.05, 4.69) is 19.2 Å². The summed E-state index contributed by atoms with van der Waals surface area (Å²) < 4.78 is 0. The first-order valence-electron chi connectivity index (χ1n) is 7.21. The molecular formula is C14H26N2O3. The largest absolute Gasteiger partial charge is 0.481 e. The van der Waals surface area contributed by atoms with Crippen LogP contribution in [0.4, 0.5) is 4.79 Å². The summed E-state index contributed by atoms with van der Waals surface area (Å²) in [5.41, 5.74) is 0. The van der Waals surface area contributed by atoms with Crippen LogP contribution in [0.5, 0.6) is 0 Å². The van der Waals surface area contributed by atoms with Crippen molar-refractivity contribution in [2.45, 2.75) is 52.5 Å². The van der Waals surface area contributed by atoms with Gasteiger partial charge >= 0.3 is 12.0 Å². The molecule has 1 rings (SSSR count). The fourth-order valence-electron chi connectivity index (χ4n) is 2.37. The van der Waals surface area contributed by atoms with E-state index in [9.17, 15) is 9.59 Å². The molecule has 2 amide bonds. The second-order valence-electron chi connectivity index (χ2n) is 5.65. The Morgan fingerprint density at radius 1 is 1.32 bits per heavy atom. The number of hydrogen-bond donors (Lipinski definition) is 2. The van der Waals surface area contributed by atoms with Crippen molar-refractivity contribution >= 4 is 12.0 Å². The van der Waals surface area contributed by atoms with Gasteiger partial charge in [-0.3, -0.25) is 4.79 Å². The van der Waals surface area contributed by atoms with Crippen molar-refractivity contribution in [3.05, 3.63) is 0 Å². The average molecular weight is 270 g/mol. The summed E-state index contributed by atoms with van der Waals surface area (Å²) in [5, 5.41) is 11.8. The summed E-state index contributed by atoms with van der Waals surface area (Å²) in [4.78, 5) is 24.5. The summed E-state index contributed by atoms with van der Waals surface area (Å²) in [5.74, 6) is -0.0599. The first kappa shape index (κ1) is 15.8. The molecule has 19 heavy (non-hydrogen) atoms. The molecule has 0 aromatic heterocycles. The Hall–Kier alpha value is -1.26. The normalized spacial score (nSPS) is 19.8. The van der Waals surface area contributed by atoms with Crippen molar-refractivity contribution in [3.8, 4) is 0 Å². The lowest BCUT2D eigenvalue weighted by molar-refractivity contribution is -0.138. The summed E-state index contributed by atoms with van der Waals surface area (Å²) >= 11 is 0. The molecule has 5 heteroatoms. The molecule has 1 heterocycles. The molecule has 1 aliphatic rings. The maximum absolute atomic E-state index is 12.1. The highest BCUT2D eigenvalue weighted by Gasteiger charge is 2.25. The topological polar surface area (TPSA) is 69.6 Å². The van der Waals surface area contributed by atoms with Gasteiger partial charge in [0.25, 0.3) is 0 Å². The second kappa shape index (κ2) is 7.36. The van der Waals surface area contributed by atoms with Gasteiger partial charge in [0.2, 0.25) is 0 Å². The molecule has 2 unspecified atom stereocenters. The fraction of sp³-hybridized carbons (Fsp3) is 0.857. The minimum absolute atomic E-state index is 0.0124. The Kier molecular flexibility index (Phi) is 6.12. The molecule has 0 saturated carbocycles. The molecule has 0 aliphatic carbocycles. The number of nitrogens with one attached hydrogen (secondary N) is 1. The maximum atomic E-state index is 12.1. The number of carboxylic acids is 1. The predicted molar refractivity (Wildman–Crippen MR) is 74.0 cm³/mol. The van der Waals surface area contributed by atoms with Crippen molar-refractivity contribution < 1.29 is 14.7 Å². The Bertz CT molecular complexity index is 312. The van der Waals surface area contributed by atoms with Crippen LogP contribution < -0.4 is 5.32 Å². The Balaban J connectivity index is 2.34. The SMILES string of the molecule is CCC(C)C(C)NC(=O)N1CCC(CC(=O)O)CC1. The summed E-state index contributed by atoms with van der Waals surface area (Å²) in [6, 6.07) is 0.163. The predicted octanol–water partition coefficient (Wildman–Crippen LogP) is 2.32. The molecule has 1 aliphatic heterocycles. The van der Waals surface area contributed by atoms with E-state index >= 15 is 0 Å². The lowest BCUT2D eigenvalue weighted by Crippen LogP contribution is -2.48. The van der Waals surface area contributed by atoms with Gasteiger partial charge in [0, 0.05) is 25.6 Å². The number of carbonyl (C=O) groups is 2. The smallest absolute Gasteiger partial charge is 0.317 e. The summed E-state index contributed by atoms with van der Waals surface area (Å²) in [6.45, 7) is 7.60. The maximum Gasteiger partial charge on any atom is 0.317 e. The van der Waals surface area contributed by atoms with Gasteiger partial charge in [-0.2, -0.15) is 0 Å². The van der Waals surface area contributed by atoms with Gasteiger partial charge in [-0.25, -0.2) is 4.79 Å². The molecule has 1 saturated heterocycles. The van der Waals surface area contributed by atoms with E-state index in [-0.39, 0.29) is 24.4 Å². The third-order valence-electron chi connectivity index (χ3n) is 4.21. The number of rotatable bonds is 5. The standard InChI is InChI=1S/C14H26N2O3/c1-4-10(2)11(3)15-14(19)16-7-5-12(6-8-16)9-13(17)18/h10-12H,4-9H2,1-3H3,(H,15,19)(H,17,18). The number of amides is 2. The third kappa shape index (κ3) is 5.09. The van der Waals surface area contributed by atoms with E-state index in [0.717, 1.165) is 19.3 Å². The van der Waals surface area contributed by atoms with Crippen LogP contribution in [0.2, 0.25) is 0 Å². The zero-order valence-corrected chi connectivity index (χ0v) is 12.2. The number of urea groups is 1. The highest BCUT2D eigenvalue weighted by molar-refractivity contribution is 5.74. The monoisotopic (exact) mass is 270 g/mol. The molecule has 1 fully saturated rings. The van der Waals surface area contributed by atoms with E-state index in [1.165, 1.54) is 0 Å². The zero-order chi connectivity index (χ0) is 14.4. The van der Waals surface area contributed by atoms with Gasteiger partial charge in [0.05, 0.1) is 0 Å². The van der Waals surface area contributed by atoms with Crippen molar-refractivity contribution in [3.63, 3.8) is 0 Å². The molecular weight excluding hydrogens is 244 g/mol. The second-order valence-corrected chi connectivity index (χ2v) is 5.65. The minimum atomic E-state index is -0.742. The Morgan fingerprint density at radius 2 is 1.89 bits per heavy atom. The number of carbonyl (C=O) groups excluding carboxylic acids is 1. The Morgan fingerprint density at radius 3 is 2.37 bits per heavy atom. The molecule has 2 N–H and O–H groups in total. The van der Waals surface area contributed by atoms with Crippen molar-refractivity contribution in [2.24, 2.45) is 11.8 Å². The highest BCUT2D eigenvalue weighted by Crippen LogP contribution is 2.20. The number of likely N-dealkylation sites (tertiary alicyclic amines) is 1. The van der Waals surface area contributed by atoms with Gasteiger partial charge in [-0.1, -0.05) is 20.3 Å². The Labute approximate surface area is 115 Å². The molecule has 0 bridgehead atoms. The minimum Gasteiger partial charge on any atom is -0.481 e. The number of nitrogens with zero attached hydrogens (tertiary/aromatic N) is 1. The van der Waals surface area contributed by atoms with Crippen LogP contribution in [-0.4, -0.2) is 41.1 Å². The van der Waals surface area contributed by atoms with Crippen LogP contribution in [0.3, 0.4) is 0 Å². The third-order valence-corrected chi connectivity index (χ3v) is 4.21. The van der Waals surface area contributed by atoms with Gasteiger partial charge in [-0.15, -0.1) is 0 Å². The van der Waals surface area contributed by atoms with Crippen LogP contribution in [0.25, 0.3) is 0 Å². The number of aliphatic carboxylic acids is 1. The molecule has 5 nitrogen and oxygen atoms in total. The molecule has 0 spiro atoms. The van der Waals surface area contributed by atoms with Gasteiger partial charge in [0.15, 0.2) is 0 Å². The van der Waals surface area contributed by atoms with Crippen LogP contribution in [-0.2, 0) is 4.79 Å². The van der Waals surface area contributed by atoms with E-state index in [4.69, 9.17) is 5.11 Å². The van der Waals surface area contributed by atoms with Gasteiger partial charge in [-0.05, 0) is 31.6 Å². The van der Waals surface area contributed by atoms with Crippen molar-refractivity contribution in [1.82, 2.24) is 10.2 Å². The molecule has 110 valence electrons. The fourth-order valence-corrected chi connectivity index (χ4v) is 2.37. The summed E-state index contributed by atoms with van der Waals surface area (Å²) in [7, 11) is 0. The zero-order valence-electron chi connectivity index (χ0n) is 12.2. The lowest BCUT2D eigenvalue weighted by atomic mass is 9.94. The molecule has 2 atom stereocenters. The van der Waals surface area contributed by atoms with E-state index in [0.29, 0.717) is 19.0 Å². The quantitative estimate of drug-likeness (QED) is 0.805. The van der Waals surface area contributed by atoms with Gasteiger partial charge in [0.1, 0.15) is 0 Å². The number of carboxylic acid groups (broad SMARTS) is 1. The van der Waals surface area contributed by atoms with Gasteiger partial charge < -0.3 is 15.3 Å². The van der Waals surface area contributed by atoms with Crippen LogP contribution in [0, 0.1) is 11.8 Å². The van der Waals surface area contributed by atoms with Crippen LogP contribution in [0.15, 0.2) is 0 Å². The van der Waals surface area contributed by atoms with E-state index < -0.39 is 5.97 Å². The van der Waals surface area contributed by atoms with Crippen LogP contribution >= 0.6 is 0 Å². The first-order valence-corrected chi connectivity index (χ1v) is 7.21. The van der Waals surface area contributed by atoms with E-state index in [1.54, 1.807) is 4.90 Å². The first-order chi connectivity index (χ1) is 8.93. The average Bonchev–Trinajstić information content (AvgIpc) is 2.37. The number of piperidine rings is 1.